The Kier molecular flexibility index (Phi) is 4.05. The van der Waals surface area contributed by atoms with E-state index in [2.05, 4.69) is 25.1 Å². The Morgan fingerprint density at radius 1 is 0.808 bits per heavy atom. The van der Waals surface area contributed by atoms with Crippen LogP contribution in [0.25, 0.3) is 33.2 Å². The molecular formula is C23H18O3. The van der Waals surface area contributed by atoms with Crippen molar-refractivity contribution in [3.8, 4) is 28.0 Å². The maximum atomic E-state index is 12.0. The van der Waals surface area contributed by atoms with Crippen LogP contribution in [0.1, 0.15) is 5.56 Å². The molecule has 26 heavy (non-hydrogen) atoms. The van der Waals surface area contributed by atoms with Gasteiger partial charge in [-0.3, -0.25) is 0 Å². The van der Waals surface area contributed by atoms with Gasteiger partial charge in [0.25, 0.3) is 0 Å². The van der Waals surface area contributed by atoms with Crippen LogP contribution >= 0.6 is 0 Å². The second-order valence-electron chi connectivity index (χ2n) is 6.23. The second kappa shape index (κ2) is 6.52. The van der Waals surface area contributed by atoms with Crippen molar-refractivity contribution in [1.29, 1.82) is 0 Å². The van der Waals surface area contributed by atoms with Gasteiger partial charge in [0.15, 0.2) is 0 Å². The van der Waals surface area contributed by atoms with Crippen LogP contribution in [0.3, 0.4) is 0 Å². The van der Waals surface area contributed by atoms with Gasteiger partial charge in [-0.1, -0.05) is 42.5 Å². The van der Waals surface area contributed by atoms with Crippen LogP contribution < -0.4 is 10.4 Å². The fraction of sp³-hybridized carbons (Fsp3) is 0.0870. The number of benzene rings is 3. The monoisotopic (exact) mass is 342 g/mol. The number of para-hydroxylation sites is 1. The average Bonchev–Trinajstić information content (AvgIpc) is 2.68. The minimum absolute atomic E-state index is 0.340. The number of ether oxygens (including phenoxy) is 1. The molecule has 0 saturated heterocycles. The molecule has 0 aliphatic rings. The van der Waals surface area contributed by atoms with Crippen molar-refractivity contribution in [3.05, 3.63) is 88.8 Å². The molecule has 3 aromatic carbocycles. The van der Waals surface area contributed by atoms with Crippen LogP contribution in [0.2, 0.25) is 0 Å². The molecule has 4 aromatic rings. The highest BCUT2D eigenvalue weighted by Gasteiger charge is 2.11. The number of rotatable bonds is 3. The topological polar surface area (TPSA) is 39.4 Å². The van der Waals surface area contributed by atoms with Crippen molar-refractivity contribution in [2.75, 3.05) is 7.11 Å². The lowest BCUT2D eigenvalue weighted by atomic mass is 9.93. The number of hydrogen-bond donors (Lipinski definition) is 0. The molecule has 0 saturated carbocycles. The normalized spacial score (nSPS) is 10.8. The van der Waals surface area contributed by atoms with E-state index in [0.29, 0.717) is 5.58 Å². The minimum Gasteiger partial charge on any atom is -0.497 e. The van der Waals surface area contributed by atoms with E-state index in [1.807, 2.05) is 48.5 Å². The summed E-state index contributed by atoms with van der Waals surface area (Å²) in [7, 11) is 1.66. The van der Waals surface area contributed by atoms with Crippen LogP contribution in [0.4, 0.5) is 0 Å². The van der Waals surface area contributed by atoms with Gasteiger partial charge in [0.1, 0.15) is 11.3 Å². The third-order valence-corrected chi connectivity index (χ3v) is 4.60. The van der Waals surface area contributed by atoms with E-state index in [1.165, 1.54) is 0 Å². The van der Waals surface area contributed by atoms with Gasteiger partial charge in [-0.25, -0.2) is 4.79 Å². The van der Waals surface area contributed by atoms with Crippen molar-refractivity contribution in [2.45, 2.75) is 6.92 Å². The van der Waals surface area contributed by atoms with Crippen molar-refractivity contribution < 1.29 is 9.15 Å². The first-order valence-electron chi connectivity index (χ1n) is 8.44. The smallest absolute Gasteiger partial charge is 0.336 e. The van der Waals surface area contributed by atoms with Crippen LogP contribution in [0, 0.1) is 6.92 Å². The fourth-order valence-electron chi connectivity index (χ4n) is 3.21. The molecule has 0 amide bonds. The summed E-state index contributed by atoms with van der Waals surface area (Å²) < 4.78 is 10.6. The molecule has 0 aliphatic heterocycles. The van der Waals surface area contributed by atoms with Crippen molar-refractivity contribution >= 4 is 11.0 Å². The van der Waals surface area contributed by atoms with E-state index in [-0.39, 0.29) is 5.63 Å². The van der Waals surface area contributed by atoms with Crippen molar-refractivity contribution in [1.82, 2.24) is 0 Å². The molecule has 1 heterocycles. The van der Waals surface area contributed by atoms with Gasteiger partial charge in [0.2, 0.25) is 0 Å². The molecule has 0 fully saturated rings. The SMILES string of the molecule is COc1ccc(-c2ccc(C)c(-c3cc(=O)oc4ccccc34)c2)cc1. The molecule has 0 N–H and O–H groups in total. The van der Waals surface area contributed by atoms with Gasteiger partial charge in [-0.2, -0.15) is 0 Å². The van der Waals surface area contributed by atoms with E-state index in [4.69, 9.17) is 9.15 Å². The van der Waals surface area contributed by atoms with Gasteiger partial charge >= 0.3 is 5.63 Å². The van der Waals surface area contributed by atoms with Crippen LogP contribution in [0.5, 0.6) is 5.75 Å². The van der Waals surface area contributed by atoms with Gasteiger partial charge in [0, 0.05) is 17.0 Å². The first-order valence-corrected chi connectivity index (χ1v) is 8.44. The Labute approximate surface area is 151 Å². The molecule has 128 valence electrons. The number of aryl methyl sites for hydroxylation is 1. The zero-order valence-electron chi connectivity index (χ0n) is 14.7. The predicted molar refractivity (Wildman–Crippen MR) is 105 cm³/mol. The lowest BCUT2D eigenvalue weighted by molar-refractivity contribution is 0.415. The van der Waals surface area contributed by atoms with E-state index in [0.717, 1.165) is 39.0 Å². The van der Waals surface area contributed by atoms with Crippen LogP contribution in [-0.4, -0.2) is 7.11 Å². The third-order valence-electron chi connectivity index (χ3n) is 4.60. The summed E-state index contributed by atoms with van der Waals surface area (Å²) in [5.74, 6) is 0.827. The molecule has 0 radical (unpaired) electrons. The Hall–Kier alpha value is -3.33. The summed E-state index contributed by atoms with van der Waals surface area (Å²) in [4.78, 5) is 12.0. The largest absolute Gasteiger partial charge is 0.497 e. The van der Waals surface area contributed by atoms with Gasteiger partial charge in [0.05, 0.1) is 7.11 Å². The Morgan fingerprint density at radius 3 is 2.31 bits per heavy atom. The lowest BCUT2D eigenvalue weighted by Crippen LogP contribution is -1.99. The van der Waals surface area contributed by atoms with Gasteiger partial charge in [-0.15, -0.1) is 0 Å². The van der Waals surface area contributed by atoms with Crippen LogP contribution in [-0.2, 0) is 0 Å². The minimum atomic E-state index is -0.340. The zero-order valence-corrected chi connectivity index (χ0v) is 14.7. The highest BCUT2D eigenvalue weighted by molar-refractivity contribution is 5.94. The Bertz CT molecular complexity index is 1140. The molecule has 0 bridgehead atoms. The molecule has 4 rings (SSSR count). The molecule has 3 nitrogen and oxygen atoms in total. The quantitative estimate of drug-likeness (QED) is 0.465. The highest BCUT2D eigenvalue weighted by Crippen LogP contribution is 2.33. The number of methoxy groups -OCH3 is 1. The van der Waals surface area contributed by atoms with E-state index < -0.39 is 0 Å². The summed E-state index contributed by atoms with van der Waals surface area (Å²) in [6.45, 7) is 2.05. The Morgan fingerprint density at radius 2 is 1.54 bits per heavy atom. The second-order valence-corrected chi connectivity index (χ2v) is 6.23. The zero-order chi connectivity index (χ0) is 18.1. The molecule has 1 aromatic heterocycles. The first-order chi connectivity index (χ1) is 12.7. The predicted octanol–water partition coefficient (Wildman–Crippen LogP) is 5.44. The molecule has 0 aliphatic carbocycles. The average molecular weight is 342 g/mol. The Balaban J connectivity index is 1.91. The standard InChI is InChI=1S/C23H18O3/c1-15-7-8-17(16-9-11-18(25-2)12-10-16)13-20(15)21-14-23(24)26-22-6-4-3-5-19(21)22/h3-14H,1-2H3. The molecule has 0 atom stereocenters. The molecular weight excluding hydrogens is 324 g/mol. The number of fused-ring (bicyclic) bond motifs is 1. The fourth-order valence-corrected chi connectivity index (χ4v) is 3.21. The molecule has 0 unspecified atom stereocenters. The molecule has 3 heteroatoms. The summed E-state index contributed by atoms with van der Waals surface area (Å²) >= 11 is 0. The maximum absolute atomic E-state index is 12.0. The van der Waals surface area contributed by atoms with Gasteiger partial charge < -0.3 is 9.15 Å². The molecule has 0 spiro atoms. The summed E-state index contributed by atoms with van der Waals surface area (Å²) in [6, 6.07) is 23.5. The van der Waals surface area contributed by atoms with E-state index in [9.17, 15) is 4.79 Å². The maximum Gasteiger partial charge on any atom is 0.336 e. The first kappa shape index (κ1) is 16.2. The van der Waals surface area contributed by atoms with E-state index in [1.54, 1.807) is 13.2 Å². The van der Waals surface area contributed by atoms with Crippen molar-refractivity contribution in [3.63, 3.8) is 0 Å². The third kappa shape index (κ3) is 2.88. The summed E-state index contributed by atoms with van der Waals surface area (Å²) in [5, 5.41) is 0.932. The summed E-state index contributed by atoms with van der Waals surface area (Å²) in [6.07, 6.45) is 0. The van der Waals surface area contributed by atoms with Crippen molar-refractivity contribution in [2.24, 2.45) is 0 Å². The van der Waals surface area contributed by atoms with Gasteiger partial charge in [-0.05, 0) is 53.4 Å². The van der Waals surface area contributed by atoms with E-state index >= 15 is 0 Å². The van der Waals surface area contributed by atoms with Crippen LogP contribution in [0.15, 0.2) is 82.0 Å². The summed E-state index contributed by atoms with van der Waals surface area (Å²) in [5.41, 5.74) is 5.48. The number of hydrogen-bond acceptors (Lipinski definition) is 3. The lowest BCUT2D eigenvalue weighted by Gasteiger charge is -2.12. The highest BCUT2D eigenvalue weighted by atomic mass is 16.5.